The third kappa shape index (κ3) is 5.79. The average Bonchev–Trinajstić information content (AvgIpc) is 2.82. The van der Waals surface area contributed by atoms with Crippen LogP contribution in [0.4, 0.5) is 5.82 Å². The molecule has 0 saturated carbocycles. The number of fused-ring (bicyclic) bond motifs is 1. The van der Waals surface area contributed by atoms with Crippen molar-refractivity contribution < 1.29 is 23.5 Å². The van der Waals surface area contributed by atoms with Crippen molar-refractivity contribution in [2.75, 3.05) is 11.9 Å². The fourth-order valence-electron chi connectivity index (χ4n) is 3.14. The maximum absolute atomic E-state index is 12.2. The SMILES string of the molecule is Cc1cc(=O)oc2cc(OCc3ccc(C(=O)OCC(=O)Nc4ccc(Cl)cn4)cc3)ccc12. The number of ether oxygens (including phenoxy) is 2. The van der Waals surface area contributed by atoms with Crippen LogP contribution in [0.2, 0.25) is 5.02 Å². The number of anilines is 1. The zero-order valence-electron chi connectivity index (χ0n) is 18.0. The molecular weight excluding hydrogens is 460 g/mol. The van der Waals surface area contributed by atoms with Crippen LogP contribution in [0.5, 0.6) is 5.75 Å². The molecule has 4 aromatic rings. The van der Waals surface area contributed by atoms with E-state index < -0.39 is 24.1 Å². The van der Waals surface area contributed by atoms with Gasteiger partial charge in [0.1, 0.15) is 23.8 Å². The second-order valence-corrected chi connectivity index (χ2v) is 7.81. The van der Waals surface area contributed by atoms with Gasteiger partial charge in [0.2, 0.25) is 0 Å². The highest BCUT2D eigenvalue weighted by molar-refractivity contribution is 6.30. The van der Waals surface area contributed by atoms with Crippen LogP contribution < -0.4 is 15.7 Å². The van der Waals surface area contributed by atoms with Gasteiger partial charge in [0.15, 0.2) is 6.61 Å². The summed E-state index contributed by atoms with van der Waals surface area (Å²) in [5.74, 6) is -0.300. The van der Waals surface area contributed by atoms with Crippen LogP contribution in [0.1, 0.15) is 21.5 Å². The highest BCUT2D eigenvalue weighted by atomic mass is 35.5. The molecule has 0 saturated heterocycles. The van der Waals surface area contributed by atoms with E-state index in [1.807, 2.05) is 13.0 Å². The minimum atomic E-state index is -0.633. The number of carbonyl (C=O) groups excluding carboxylic acids is 2. The van der Waals surface area contributed by atoms with Crippen LogP contribution in [0, 0.1) is 6.92 Å². The molecule has 0 radical (unpaired) electrons. The van der Waals surface area contributed by atoms with E-state index >= 15 is 0 Å². The van der Waals surface area contributed by atoms with Crippen LogP contribution in [-0.2, 0) is 16.1 Å². The number of aryl methyl sites for hydroxylation is 1. The van der Waals surface area contributed by atoms with Gasteiger partial charge in [-0.25, -0.2) is 14.6 Å². The minimum absolute atomic E-state index is 0.243. The molecule has 0 spiro atoms. The molecule has 1 amide bonds. The molecule has 0 aliphatic rings. The molecule has 0 fully saturated rings. The summed E-state index contributed by atoms with van der Waals surface area (Å²) >= 11 is 5.75. The van der Waals surface area contributed by atoms with Crippen LogP contribution in [-0.4, -0.2) is 23.5 Å². The Kier molecular flexibility index (Phi) is 6.89. The van der Waals surface area contributed by atoms with Crippen molar-refractivity contribution in [3.8, 4) is 5.75 Å². The fraction of sp³-hybridized carbons (Fsp3) is 0.120. The molecular formula is C25H19ClN2O6. The summed E-state index contributed by atoms with van der Waals surface area (Å²) in [5, 5.41) is 3.79. The molecule has 2 aromatic carbocycles. The minimum Gasteiger partial charge on any atom is -0.489 e. The lowest BCUT2D eigenvalue weighted by molar-refractivity contribution is -0.119. The topological polar surface area (TPSA) is 108 Å². The number of nitrogens with zero attached hydrogens (tertiary/aromatic N) is 1. The lowest BCUT2D eigenvalue weighted by Crippen LogP contribution is -2.21. The van der Waals surface area contributed by atoms with E-state index in [1.165, 1.54) is 18.3 Å². The number of rotatable bonds is 7. The number of esters is 1. The van der Waals surface area contributed by atoms with E-state index in [1.54, 1.807) is 42.5 Å². The number of aromatic nitrogens is 1. The van der Waals surface area contributed by atoms with E-state index in [4.69, 9.17) is 25.5 Å². The fourth-order valence-corrected chi connectivity index (χ4v) is 3.25. The van der Waals surface area contributed by atoms with E-state index in [-0.39, 0.29) is 6.61 Å². The van der Waals surface area contributed by atoms with E-state index in [2.05, 4.69) is 10.3 Å². The zero-order valence-corrected chi connectivity index (χ0v) is 18.8. The number of nitrogens with one attached hydrogen (secondary N) is 1. The Morgan fingerprint density at radius 3 is 2.59 bits per heavy atom. The van der Waals surface area contributed by atoms with Gasteiger partial charge in [-0.15, -0.1) is 0 Å². The maximum atomic E-state index is 12.2. The summed E-state index contributed by atoms with van der Waals surface area (Å²) in [7, 11) is 0. The smallest absolute Gasteiger partial charge is 0.338 e. The molecule has 34 heavy (non-hydrogen) atoms. The molecule has 0 unspecified atom stereocenters. The van der Waals surface area contributed by atoms with Gasteiger partial charge in [-0.1, -0.05) is 23.7 Å². The number of amides is 1. The first-order valence-electron chi connectivity index (χ1n) is 10.2. The highest BCUT2D eigenvalue weighted by Gasteiger charge is 2.11. The molecule has 4 rings (SSSR count). The highest BCUT2D eigenvalue weighted by Crippen LogP contribution is 2.23. The van der Waals surface area contributed by atoms with Gasteiger partial charge < -0.3 is 19.2 Å². The number of hydrogen-bond donors (Lipinski definition) is 1. The number of halogens is 1. The van der Waals surface area contributed by atoms with Gasteiger partial charge in [0.05, 0.1) is 10.6 Å². The number of benzene rings is 2. The predicted octanol–water partition coefficient (Wildman–Crippen LogP) is 4.52. The van der Waals surface area contributed by atoms with Crippen LogP contribution >= 0.6 is 11.6 Å². The zero-order chi connectivity index (χ0) is 24.1. The summed E-state index contributed by atoms with van der Waals surface area (Å²) in [6.45, 7) is 1.63. The molecule has 172 valence electrons. The van der Waals surface area contributed by atoms with Crippen LogP contribution in [0.15, 0.2) is 76.1 Å². The van der Waals surface area contributed by atoms with Crippen molar-refractivity contribution in [2.24, 2.45) is 0 Å². The van der Waals surface area contributed by atoms with Crippen molar-refractivity contribution in [3.63, 3.8) is 0 Å². The Morgan fingerprint density at radius 1 is 1.06 bits per heavy atom. The Morgan fingerprint density at radius 2 is 1.85 bits per heavy atom. The molecule has 2 aromatic heterocycles. The van der Waals surface area contributed by atoms with Gasteiger partial charge in [-0.2, -0.15) is 0 Å². The summed E-state index contributed by atoms with van der Waals surface area (Å²) in [5.41, 5.74) is 1.98. The Balaban J connectivity index is 1.30. The molecule has 0 bridgehead atoms. The molecule has 0 aliphatic carbocycles. The Bertz CT molecular complexity index is 1400. The average molecular weight is 479 g/mol. The van der Waals surface area contributed by atoms with Gasteiger partial charge in [-0.3, -0.25) is 4.79 Å². The lowest BCUT2D eigenvalue weighted by atomic mass is 10.1. The van der Waals surface area contributed by atoms with Crippen molar-refractivity contribution in [1.82, 2.24) is 4.98 Å². The summed E-state index contributed by atoms with van der Waals surface area (Å²) < 4.78 is 16.1. The predicted molar refractivity (Wildman–Crippen MR) is 126 cm³/mol. The first-order valence-corrected chi connectivity index (χ1v) is 10.6. The van der Waals surface area contributed by atoms with Crippen molar-refractivity contribution in [3.05, 3.63) is 99.0 Å². The quantitative estimate of drug-likeness (QED) is 0.307. The summed E-state index contributed by atoms with van der Waals surface area (Å²) in [6.07, 6.45) is 1.40. The Hall–Kier alpha value is -4.17. The molecule has 8 nitrogen and oxygen atoms in total. The molecule has 2 heterocycles. The molecule has 1 N–H and O–H groups in total. The second kappa shape index (κ2) is 10.2. The maximum Gasteiger partial charge on any atom is 0.338 e. The van der Waals surface area contributed by atoms with Crippen molar-refractivity contribution >= 4 is 40.3 Å². The number of carbonyl (C=O) groups is 2. The van der Waals surface area contributed by atoms with Gasteiger partial charge in [0, 0.05) is 23.7 Å². The number of pyridine rings is 1. The first-order chi connectivity index (χ1) is 16.4. The van der Waals surface area contributed by atoms with Crippen molar-refractivity contribution in [2.45, 2.75) is 13.5 Å². The van der Waals surface area contributed by atoms with Gasteiger partial charge >= 0.3 is 11.6 Å². The van der Waals surface area contributed by atoms with E-state index in [0.717, 1.165) is 16.5 Å². The lowest BCUT2D eigenvalue weighted by Gasteiger charge is -2.09. The molecule has 0 aliphatic heterocycles. The first kappa shape index (κ1) is 23.0. The second-order valence-electron chi connectivity index (χ2n) is 7.38. The molecule has 9 heteroatoms. The van der Waals surface area contributed by atoms with Crippen LogP contribution in [0.3, 0.4) is 0 Å². The Labute approximate surface area is 199 Å². The largest absolute Gasteiger partial charge is 0.489 e. The molecule has 0 atom stereocenters. The van der Waals surface area contributed by atoms with Crippen molar-refractivity contribution in [1.29, 1.82) is 0 Å². The number of hydrogen-bond acceptors (Lipinski definition) is 7. The van der Waals surface area contributed by atoms with Gasteiger partial charge in [0.25, 0.3) is 5.91 Å². The summed E-state index contributed by atoms with van der Waals surface area (Å²) in [6, 6.07) is 16.5. The van der Waals surface area contributed by atoms with Gasteiger partial charge in [-0.05, 0) is 54.4 Å². The normalized spacial score (nSPS) is 10.6. The van der Waals surface area contributed by atoms with E-state index in [0.29, 0.717) is 27.7 Å². The van der Waals surface area contributed by atoms with Crippen LogP contribution in [0.25, 0.3) is 11.0 Å². The van der Waals surface area contributed by atoms with E-state index in [9.17, 15) is 14.4 Å². The standard InChI is InChI=1S/C25H19ClN2O6/c1-15-10-24(30)34-21-11-19(7-8-20(15)21)32-13-16-2-4-17(5-3-16)25(31)33-14-23(29)28-22-9-6-18(26)12-27-22/h2-12H,13-14H2,1H3,(H,27,28,29). The monoisotopic (exact) mass is 478 g/mol. The third-order valence-electron chi connectivity index (χ3n) is 4.85. The third-order valence-corrected chi connectivity index (χ3v) is 5.07. The summed E-state index contributed by atoms with van der Waals surface area (Å²) in [4.78, 5) is 39.7.